The minimum atomic E-state index is 0.844. The van der Waals surface area contributed by atoms with Gasteiger partial charge in [0.15, 0.2) is 23.0 Å². The lowest BCUT2D eigenvalue weighted by Gasteiger charge is -2.05. The van der Waals surface area contributed by atoms with E-state index >= 15 is 0 Å². The second kappa shape index (κ2) is 4.00. The Balaban J connectivity index is 2.47. The topological polar surface area (TPSA) is 27.1 Å². The fourth-order valence-electron chi connectivity index (χ4n) is 1.33. The van der Waals surface area contributed by atoms with Crippen molar-refractivity contribution in [2.75, 3.05) is 0 Å². The SMILES string of the molecule is Cc1nccn1-c1cccc(OI)c1. The van der Waals surface area contributed by atoms with Crippen LogP contribution in [0.1, 0.15) is 5.82 Å². The van der Waals surface area contributed by atoms with Crippen LogP contribution < -0.4 is 3.07 Å². The molecule has 1 aromatic carbocycles. The van der Waals surface area contributed by atoms with E-state index in [2.05, 4.69) is 4.98 Å². The lowest BCUT2D eigenvalue weighted by Crippen LogP contribution is -1.94. The van der Waals surface area contributed by atoms with Gasteiger partial charge in [-0.3, -0.25) is 0 Å². The molecule has 3 nitrogen and oxygen atoms in total. The number of halogens is 1. The normalized spacial score (nSPS) is 10.1. The molecular formula is C10H9IN2O. The number of aryl methyl sites for hydroxylation is 1. The molecule has 4 heteroatoms. The van der Waals surface area contributed by atoms with Crippen LogP contribution in [0.3, 0.4) is 0 Å². The third-order valence-electron chi connectivity index (χ3n) is 2.01. The summed E-state index contributed by atoms with van der Waals surface area (Å²) < 4.78 is 7.14. The van der Waals surface area contributed by atoms with Crippen molar-refractivity contribution in [1.29, 1.82) is 0 Å². The van der Waals surface area contributed by atoms with E-state index in [1.807, 2.05) is 65.0 Å². The van der Waals surface area contributed by atoms with Gasteiger partial charge < -0.3 is 7.63 Å². The van der Waals surface area contributed by atoms with E-state index in [1.54, 1.807) is 6.20 Å². The Morgan fingerprint density at radius 1 is 1.43 bits per heavy atom. The van der Waals surface area contributed by atoms with Crippen molar-refractivity contribution in [2.24, 2.45) is 0 Å². The van der Waals surface area contributed by atoms with E-state index < -0.39 is 0 Å². The van der Waals surface area contributed by atoms with Crippen LogP contribution in [0.25, 0.3) is 5.69 Å². The number of hydrogen-bond acceptors (Lipinski definition) is 2. The van der Waals surface area contributed by atoms with E-state index in [9.17, 15) is 0 Å². The average molecular weight is 300 g/mol. The lowest BCUT2D eigenvalue weighted by molar-refractivity contribution is 0.715. The fourth-order valence-corrected chi connectivity index (χ4v) is 1.61. The maximum Gasteiger partial charge on any atom is 0.192 e. The van der Waals surface area contributed by atoms with Crippen molar-refractivity contribution in [3.63, 3.8) is 0 Å². The fraction of sp³-hybridized carbons (Fsp3) is 0.100. The molecule has 1 heterocycles. The van der Waals surface area contributed by atoms with Gasteiger partial charge in [0.1, 0.15) is 11.6 Å². The molecule has 0 spiro atoms. The molecule has 0 amide bonds. The maximum absolute atomic E-state index is 5.13. The van der Waals surface area contributed by atoms with Crippen molar-refractivity contribution in [3.05, 3.63) is 42.5 Å². The summed E-state index contributed by atoms with van der Waals surface area (Å²) in [5.41, 5.74) is 1.06. The highest BCUT2D eigenvalue weighted by Crippen LogP contribution is 2.19. The zero-order valence-electron chi connectivity index (χ0n) is 7.64. The molecule has 0 saturated heterocycles. The first-order valence-electron chi connectivity index (χ1n) is 4.20. The van der Waals surface area contributed by atoms with Crippen LogP contribution in [0.5, 0.6) is 5.75 Å². The highest BCUT2D eigenvalue weighted by Gasteiger charge is 2.01. The van der Waals surface area contributed by atoms with Gasteiger partial charge in [0.25, 0.3) is 0 Å². The summed E-state index contributed by atoms with van der Waals surface area (Å²) in [6.45, 7) is 1.97. The molecule has 0 aliphatic heterocycles. The average Bonchev–Trinajstić information content (AvgIpc) is 2.65. The minimum absolute atomic E-state index is 0.844. The summed E-state index contributed by atoms with van der Waals surface area (Å²) in [6, 6.07) is 7.87. The first-order valence-corrected chi connectivity index (χ1v) is 5.08. The smallest absolute Gasteiger partial charge is 0.192 e. The molecule has 0 aliphatic carbocycles. The van der Waals surface area contributed by atoms with Crippen LogP contribution >= 0.6 is 23.0 Å². The van der Waals surface area contributed by atoms with Crippen molar-refractivity contribution < 1.29 is 3.07 Å². The Bertz CT molecular complexity index is 439. The first kappa shape index (κ1) is 9.51. The molecule has 0 unspecified atom stereocenters. The molecule has 72 valence electrons. The lowest BCUT2D eigenvalue weighted by atomic mass is 10.3. The predicted molar refractivity (Wildman–Crippen MR) is 62.9 cm³/mol. The van der Waals surface area contributed by atoms with Gasteiger partial charge in [-0.05, 0) is 19.1 Å². The summed E-state index contributed by atoms with van der Waals surface area (Å²) in [7, 11) is 0. The van der Waals surface area contributed by atoms with Crippen LogP contribution in [0, 0.1) is 6.92 Å². The van der Waals surface area contributed by atoms with Crippen LogP contribution in [-0.4, -0.2) is 9.55 Å². The molecular weight excluding hydrogens is 291 g/mol. The van der Waals surface area contributed by atoms with Crippen molar-refractivity contribution >= 4 is 23.0 Å². The largest absolute Gasteiger partial charge is 0.428 e. The molecule has 0 radical (unpaired) electrons. The van der Waals surface area contributed by atoms with Crippen molar-refractivity contribution in [3.8, 4) is 11.4 Å². The predicted octanol–water partition coefficient (Wildman–Crippen LogP) is 2.91. The number of rotatable bonds is 2. The van der Waals surface area contributed by atoms with Gasteiger partial charge in [0.05, 0.1) is 5.69 Å². The Morgan fingerprint density at radius 2 is 2.29 bits per heavy atom. The number of nitrogens with zero attached hydrogens (tertiary/aromatic N) is 2. The second-order valence-electron chi connectivity index (χ2n) is 2.92. The van der Waals surface area contributed by atoms with Crippen LogP contribution in [-0.2, 0) is 0 Å². The van der Waals surface area contributed by atoms with Crippen molar-refractivity contribution in [2.45, 2.75) is 6.92 Å². The summed E-state index contributed by atoms with van der Waals surface area (Å²) >= 11 is 1.87. The van der Waals surface area contributed by atoms with E-state index in [0.29, 0.717) is 0 Å². The molecule has 0 N–H and O–H groups in total. The Kier molecular flexibility index (Phi) is 2.72. The summed E-state index contributed by atoms with van der Waals surface area (Å²) in [4.78, 5) is 4.17. The molecule has 0 aliphatic rings. The van der Waals surface area contributed by atoms with Crippen LogP contribution in [0.4, 0.5) is 0 Å². The third kappa shape index (κ3) is 1.75. The van der Waals surface area contributed by atoms with E-state index in [4.69, 9.17) is 3.07 Å². The summed E-state index contributed by atoms with van der Waals surface area (Å²) in [6.07, 6.45) is 3.72. The highest BCUT2D eigenvalue weighted by atomic mass is 127. The number of benzene rings is 1. The van der Waals surface area contributed by atoms with Crippen LogP contribution in [0.2, 0.25) is 0 Å². The molecule has 0 fully saturated rings. The molecule has 2 rings (SSSR count). The van der Waals surface area contributed by atoms with E-state index in [-0.39, 0.29) is 0 Å². The molecule has 2 aromatic rings. The Hall–Kier alpha value is -1.04. The van der Waals surface area contributed by atoms with Gasteiger partial charge in [-0.2, -0.15) is 0 Å². The molecule has 0 saturated carbocycles. The Morgan fingerprint density at radius 3 is 2.93 bits per heavy atom. The molecule has 14 heavy (non-hydrogen) atoms. The van der Waals surface area contributed by atoms with Crippen LogP contribution in [0.15, 0.2) is 36.7 Å². The molecule has 0 atom stereocenters. The molecule has 0 bridgehead atoms. The summed E-state index contributed by atoms with van der Waals surface area (Å²) in [5, 5.41) is 0. The van der Waals surface area contributed by atoms with Gasteiger partial charge in [0.2, 0.25) is 0 Å². The zero-order valence-corrected chi connectivity index (χ0v) is 9.80. The Labute approximate surface area is 96.4 Å². The molecule has 1 aromatic heterocycles. The number of imidazole rings is 1. The van der Waals surface area contributed by atoms with Gasteiger partial charge in [-0.15, -0.1) is 0 Å². The van der Waals surface area contributed by atoms with E-state index in [1.165, 1.54) is 0 Å². The van der Waals surface area contributed by atoms with Gasteiger partial charge in [-0.25, -0.2) is 4.98 Å². The number of hydrogen-bond donors (Lipinski definition) is 0. The standard InChI is InChI=1S/C10H9IN2O/c1-8-12-5-6-13(8)9-3-2-4-10(7-9)14-11/h2-7H,1H3. The van der Waals surface area contributed by atoms with E-state index in [0.717, 1.165) is 17.3 Å². The van der Waals surface area contributed by atoms with Gasteiger partial charge in [-0.1, -0.05) is 6.07 Å². The summed E-state index contributed by atoms with van der Waals surface area (Å²) in [5.74, 6) is 1.81. The minimum Gasteiger partial charge on any atom is -0.428 e. The van der Waals surface area contributed by atoms with Crippen molar-refractivity contribution in [1.82, 2.24) is 9.55 Å². The first-order chi connectivity index (χ1) is 6.81. The van der Waals surface area contributed by atoms with Gasteiger partial charge in [0, 0.05) is 18.5 Å². The zero-order chi connectivity index (χ0) is 9.97. The second-order valence-corrected chi connectivity index (χ2v) is 3.36. The highest BCUT2D eigenvalue weighted by molar-refractivity contribution is 14.1. The maximum atomic E-state index is 5.13. The quantitative estimate of drug-likeness (QED) is 0.797. The van der Waals surface area contributed by atoms with Gasteiger partial charge >= 0.3 is 0 Å². The monoisotopic (exact) mass is 300 g/mol. The third-order valence-corrected chi connectivity index (χ3v) is 2.52. The number of aromatic nitrogens is 2.